The summed E-state index contributed by atoms with van der Waals surface area (Å²) in [5, 5.41) is 0. The molecule has 0 aromatic heterocycles. The van der Waals surface area contributed by atoms with Crippen molar-refractivity contribution in [2.24, 2.45) is 5.73 Å². The van der Waals surface area contributed by atoms with Gasteiger partial charge in [-0.25, -0.2) is 0 Å². The lowest BCUT2D eigenvalue weighted by molar-refractivity contribution is 0.000378. The summed E-state index contributed by atoms with van der Waals surface area (Å²) < 4.78 is 11.2. The van der Waals surface area contributed by atoms with E-state index in [1.54, 1.807) is 0 Å². The van der Waals surface area contributed by atoms with Crippen LogP contribution in [0.2, 0.25) is 0 Å². The molecule has 0 aromatic carbocycles. The van der Waals surface area contributed by atoms with Crippen LogP contribution in [0.25, 0.3) is 0 Å². The van der Waals surface area contributed by atoms with E-state index in [-0.39, 0.29) is 0 Å². The van der Waals surface area contributed by atoms with Crippen LogP contribution in [-0.4, -0.2) is 81.5 Å². The maximum Gasteiger partial charge on any atom is 0.0599 e. The maximum absolute atomic E-state index is 5.83. The van der Waals surface area contributed by atoms with E-state index < -0.39 is 0 Å². The smallest absolute Gasteiger partial charge is 0.0599 e. The van der Waals surface area contributed by atoms with E-state index in [9.17, 15) is 0 Å². The second kappa shape index (κ2) is 8.87. The number of nitrogens with two attached hydrogens (primary N) is 1. The van der Waals surface area contributed by atoms with Crippen LogP contribution < -0.4 is 5.73 Å². The SMILES string of the molecule is NCCCOC1CCN(CCN2CCOCC2)CC1. The zero-order valence-electron chi connectivity index (χ0n) is 12.1. The Kier molecular flexibility index (Phi) is 7.09. The zero-order valence-corrected chi connectivity index (χ0v) is 12.1. The third-order valence-corrected chi connectivity index (χ3v) is 4.07. The van der Waals surface area contributed by atoms with Gasteiger partial charge in [-0.05, 0) is 25.8 Å². The van der Waals surface area contributed by atoms with Gasteiger partial charge in [-0.2, -0.15) is 0 Å². The van der Waals surface area contributed by atoms with Crippen LogP contribution in [0.5, 0.6) is 0 Å². The molecule has 2 aliphatic heterocycles. The Morgan fingerprint density at radius 3 is 2.26 bits per heavy atom. The zero-order chi connectivity index (χ0) is 13.3. The molecule has 0 aromatic rings. The molecule has 0 radical (unpaired) electrons. The van der Waals surface area contributed by atoms with Gasteiger partial charge in [0.2, 0.25) is 0 Å². The lowest BCUT2D eigenvalue weighted by Gasteiger charge is -2.34. The fourth-order valence-corrected chi connectivity index (χ4v) is 2.74. The first-order valence-corrected chi connectivity index (χ1v) is 7.72. The molecule has 0 bridgehead atoms. The molecule has 0 aliphatic carbocycles. The van der Waals surface area contributed by atoms with E-state index >= 15 is 0 Å². The molecule has 0 amide bonds. The van der Waals surface area contributed by atoms with Gasteiger partial charge in [-0.1, -0.05) is 0 Å². The van der Waals surface area contributed by atoms with Crippen LogP contribution in [0.3, 0.4) is 0 Å². The molecule has 0 saturated carbocycles. The van der Waals surface area contributed by atoms with Gasteiger partial charge in [0, 0.05) is 45.9 Å². The number of rotatable bonds is 7. The van der Waals surface area contributed by atoms with E-state index in [4.69, 9.17) is 15.2 Å². The van der Waals surface area contributed by atoms with Crippen LogP contribution in [0, 0.1) is 0 Å². The molecular formula is C14H29N3O2. The van der Waals surface area contributed by atoms with E-state index in [0.717, 1.165) is 45.9 Å². The number of piperidine rings is 1. The minimum absolute atomic E-state index is 0.464. The highest BCUT2D eigenvalue weighted by Crippen LogP contribution is 2.13. The summed E-state index contributed by atoms with van der Waals surface area (Å²) in [5.41, 5.74) is 5.47. The van der Waals surface area contributed by atoms with Gasteiger partial charge in [-0.3, -0.25) is 4.90 Å². The number of ether oxygens (including phenoxy) is 2. The third kappa shape index (κ3) is 5.75. The molecule has 0 unspecified atom stereocenters. The van der Waals surface area contributed by atoms with Crippen LogP contribution in [0.15, 0.2) is 0 Å². The number of morpholine rings is 1. The molecule has 2 N–H and O–H groups in total. The summed E-state index contributed by atoms with van der Waals surface area (Å²) in [7, 11) is 0. The van der Waals surface area contributed by atoms with E-state index in [1.165, 1.54) is 39.0 Å². The molecule has 0 spiro atoms. The first kappa shape index (κ1) is 15.2. The number of hydrogen-bond donors (Lipinski definition) is 1. The summed E-state index contributed by atoms with van der Waals surface area (Å²) in [6, 6.07) is 0. The lowest BCUT2D eigenvalue weighted by Crippen LogP contribution is -2.44. The van der Waals surface area contributed by atoms with Gasteiger partial charge in [0.05, 0.1) is 19.3 Å². The Hall–Kier alpha value is -0.200. The van der Waals surface area contributed by atoms with Gasteiger partial charge in [0.1, 0.15) is 0 Å². The minimum atomic E-state index is 0.464. The highest BCUT2D eigenvalue weighted by Gasteiger charge is 2.20. The first-order valence-electron chi connectivity index (χ1n) is 7.72. The largest absolute Gasteiger partial charge is 0.379 e. The molecule has 2 fully saturated rings. The van der Waals surface area contributed by atoms with Crippen molar-refractivity contribution in [2.45, 2.75) is 25.4 Å². The van der Waals surface area contributed by atoms with Crippen molar-refractivity contribution >= 4 is 0 Å². The van der Waals surface area contributed by atoms with Gasteiger partial charge in [0.15, 0.2) is 0 Å². The Balaban J connectivity index is 1.53. The first-order chi connectivity index (χ1) is 9.38. The number of likely N-dealkylation sites (tertiary alicyclic amines) is 1. The molecule has 2 aliphatic rings. The van der Waals surface area contributed by atoms with Gasteiger partial charge in [0.25, 0.3) is 0 Å². The van der Waals surface area contributed by atoms with Crippen molar-refractivity contribution in [1.82, 2.24) is 9.80 Å². The van der Waals surface area contributed by atoms with Crippen molar-refractivity contribution in [2.75, 3.05) is 65.6 Å². The second-order valence-corrected chi connectivity index (χ2v) is 5.51. The lowest BCUT2D eigenvalue weighted by atomic mass is 10.1. The van der Waals surface area contributed by atoms with Crippen molar-refractivity contribution < 1.29 is 9.47 Å². The van der Waals surface area contributed by atoms with Crippen molar-refractivity contribution in [3.8, 4) is 0 Å². The topological polar surface area (TPSA) is 51.0 Å². The highest BCUT2D eigenvalue weighted by molar-refractivity contribution is 4.74. The monoisotopic (exact) mass is 271 g/mol. The summed E-state index contributed by atoms with van der Waals surface area (Å²) in [4.78, 5) is 5.07. The maximum atomic E-state index is 5.83. The average Bonchev–Trinajstić information content (AvgIpc) is 2.48. The van der Waals surface area contributed by atoms with Crippen LogP contribution in [0.1, 0.15) is 19.3 Å². The summed E-state index contributed by atoms with van der Waals surface area (Å²) in [6.07, 6.45) is 3.80. The van der Waals surface area contributed by atoms with Crippen molar-refractivity contribution in [1.29, 1.82) is 0 Å². The Morgan fingerprint density at radius 2 is 1.63 bits per heavy atom. The molecule has 112 valence electrons. The van der Waals surface area contributed by atoms with Gasteiger partial charge >= 0.3 is 0 Å². The molecule has 2 saturated heterocycles. The normalized spacial score (nSPS) is 23.8. The molecule has 2 heterocycles. The summed E-state index contributed by atoms with van der Waals surface area (Å²) in [6.45, 7) is 10.3. The fraction of sp³-hybridized carbons (Fsp3) is 1.00. The minimum Gasteiger partial charge on any atom is -0.379 e. The van der Waals surface area contributed by atoms with Crippen LogP contribution >= 0.6 is 0 Å². The molecular weight excluding hydrogens is 242 g/mol. The Labute approximate surface area is 117 Å². The van der Waals surface area contributed by atoms with Gasteiger partial charge < -0.3 is 20.1 Å². The predicted octanol–water partition coefficient (Wildman–Crippen LogP) is 0.148. The molecule has 5 heteroatoms. The standard InChI is InChI=1S/C14H29N3O2/c15-4-1-11-19-14-2-5-16(6-3-14)7-8-17-9-12-18-13-10-17/h14H,1-13,15H2. The quantitative estimate of drug-likeness (QED) is 0.668. The Morgan fingerprint density at radius 1 is 1.00 bits per heavy atom. The molecule has 2 rings (SSSR count). The molecule has 0 atom stereocenters. The van der Waals surface area contributed by atoms with Crippen molar-refractivity contribution in [3.05, 3.63) is 0 Å². The second-order valence-electron chi connectivity index (χ2n) is 5.51. The summed E-state index contributed by atoms with van der Waals surface area (Å²) in [5.74, 6) is 0. The highest BCUT2D eigenvalue weighted by atomic mass is 16.5. The fourth-order valence-electron chi connectivity index (χ4n) is 2.74. The predicted molar refractivity (Wildman–Crippen MR) is 76.3 cm³/mol. The van der Waals surface area contributed by atoms with E-state index in [0.29, 0.717) is 6.10 Å². The third-order valence-electron chi connectivity index (χ3n) is 4.07. The molecule has 19 heavy (non-hydrogen) atoms. The average molecular weight is 271 g/mol. The molecule has 5 nitrogen and oxygen atoms in total. The number of nitrogens with zero attached hydrogens (tertiary/aromatic N) is 2. The van der Waals surface area contributed by atoms with Crippen LogP contribution in [0.4, 0.5) is 0 Å². The Bertz CT molecular complexity index is 227. The van der Waals surface area contributed by atoms with Gasteiger partial charge in [-0.15, -0.1) is 0 Å². The summed E-state index contributed by atoms with van der Waals surface area (Å²) >= 11 is 0. The van der Waals surface area contributed by atoms with Crippen LogP contribution in [-0.2, 0) is 9.47 Å². The van der Waals surface area contributed by atoms with E-state index in [1.807, 2.05) is 0 Å². The number of hydrogen-bond acceptors (Lipinski definition) is 5. The van der Waals surface area contributed by atoms with E-state index in [2.05, 4.69) is 9.80 Å². The van der Waals surface area contributed by atoms with Crippen molar-refractivity contribution in [3.63, 3.8) is 0 Å².